The first-order chi connectivity index (χ1) is 9.25. The molecular weight excluding hydrogens is 252 g/mol. The second kappa shape index (κ2) is 4.54. The summed E-state index contributed by atoms with van der Waals surface area (Å²) in [6.07, 6.45) is 4.33. The Morgan fingerprint density at radius 2 is 2.10 bits per heavy atom. The molecule has 0 N–H and O–H groups in total. The van der Waals surface area contributed by atoms with Gasteiger partial charge in [-0.1, -0.05) is 20.8 Å². The molecule has 3 nitrogen and oxygen atoms in total. The van der Waals surface area contributed by atoms with Gasteiger partial charge in [0.2, 0.25) is 0 Å². The molecule has 0 aromatic rings. The fourth-order valence-electron chi connectivity index (χ4n) is 5.28. The lowest BCUT2D eigenvalue weighted by Gasteiger charge is -2.38. The van der Waals surface area contributed by atoms with Gasteiger partial charge >= 0.3 is 0 Å². The van der Waals surface area contributed by atoms with Crippen LogP contribution in [0.3, 0.4) is 0 Å². The monoisotopic (exact) mass is 280 g/mol. The molecular formula is C17H28O3. The van der Waals surface area contributed by atoms with Crippen LogP contribution in [0.25, 0.3) is 0 Å². The summed E-state index contributed by atoms with van der Waals surface area (Å²) in [6, 6.07) is 0. The van der Waals surface area contributed by atoms with Crippen molar-refractivity contribution < 1.29 is 14.3 Å². The molecule has 2 saturated carbocycles. The first kappa shape index (κ1) is 14.5. The van der Waals surface area contributed by atoms with Crippen molar-refractivity contribution in [1.82, 2.24) is 0 Å². The van der Waals surface area contributed by atoms with Gasteiger partial charge in [0, 0.05) is 12.8 Å². The molecule has 3 heteroatoms. The number of rotatable bonds is 4. The van der Waals surface area contributed by atoms with E-state index in [1.54, 1.807) is 6.92 Å². The zero-order chi connectivity index (χ0) is 14.7. The minimum atomic E-state index is -0.102. The SMILES string of the molecule is CC(=O)C[C@H](C)O[C@H]1C[C@H]2[C@@H](O1)[C@@]1(C)CC[C@@H]2C1(C)C. The summed E-state index contributed by atoms with van der Waals surface area (Å²) < 4.78 is 12.2. The normalized spacial score (nSPS) is 46.5. The summed E-state index contributed by atoms with van der Waals surface area (Å²) in [7, 11) is 0. The van der Waals surface area contributed by atoms with Gasteiger partial charge in [-0.25, -0.2) is 0 Å². The Kier molecular flexibility index (Phi) is 3.30. The van der Waals surface area contributed by atoms with Crippen LogP contribution in [0.15, 0.2) is 0 Å². The zero-order valence-electron chi connectivity index (χ0n) is 13.4. The quantitative estimate of drug-likeness (QED) is 0.790. The molecule has 3 aliphatic rings. The van der Waals surface area contributed by atoms with E-state index in [1.165, 1.54) is 12.8 Å². The summed E-state index contributed by atoms with van der Waals surface area (Å²) in [5.41, 5.74) is 0.683. The Morgan fingerprint density at radius 1 is 1.40 bits per heavy atom. The van der Waals surface area contributed by atoms with Crippen LogP contribution in [-0.2, 0) is 14.3 Å². The van der Waals surface area contributed by atoms with E-state index in [2.05, 4.69) is 20.8 Å². The van der Waals surface area contributed by atoms with E-state index >= 15 is 0 Å². The Morgan fingerprint density at radius 3 is 2.70 bits per heavy atom. The van der Waals surface area contributed by atoms with Crippen molar-refractivity contribution in [2.75, 3.05) is 0 Å². The third-order valence-electron chi connectivity index (χ3n) is 6.63. The lowest BCUT2D eigenvalue weighted by atomic mass is 9.70. The van der Waals surface area contributed by atoms with Crippen molar-refractivity contribution in [3.05, 3.63) is 0 Å². The standard InChI is InChI=1S/C17H28O3/c1-10(18)8-11(2)19-14-9-12-13-6-7-17(5,15(12)20-14)16(13,3)4/h11-15H,6-9H2,1-5H3/t11-,12+,13-,14+,15+,17+/m0/s1. The molecule has 1 aliphatic heterocycles. The number of ketones is 1. The molecule has 1 heterocycles. The molecule has 20 heavy (non-hydrogen) atoms. The number of hydrogen-bond donors (Lipinski definition) is 0. The van der Waals surface area contributed by atoms with Crippen LogP contribution in [0.5, 0.6) is 0 Å². The average molecular weight is 280 g/mol. The smallest absolute Gasteiger partial charge is 0.158 e. The van der Waals surface area contributed by atoms with Gasteiger partial charge in [0.25, 0.3) is 0 Å². The highest BCUT2D eigenvalue weighted by Gasteiger charge is 2.69. The topological polar surface area (TPSA) is 35.5 Å². The van der Waals surface area contributed by atoms with Crippen molar-refractivity contribution in [3.8, 4) is 0 Å². The Hall–Kier alpha value is -0.410. The third-order valence-corrected chi connectivity index (χ3v) is 6.63. The van der Waals surface area contributed by atoms with E-state index in [0.717, 1.165) is 12.3 Å². The van der Waals surface area contributed by atoms with Crippen LogP contribution in [0.1, 0.15) is 60.3 Å². The number of ether oxygens (including phenoxy) is 2. The van der Waals surface area contributed by atoms with E-state index in [9.17, 15) is 4.79 Å². The molecule has 0 aromatic heterocycles. The van der Waals surface area contributed by atoms with Crippen LogP contribution in [-0.4, -0.2) is 24.3 Å². The number of hydrogen-bond acceptors (Lipinski definition) is 3. The Balaban J connectivity index is 1.66. The maximum atomic E-state index is 11.2. The van der Waals surface area contributed by atoms with Gasteiger partial charge in [0.15, 0.2) is 6.29 Å². The van der Waals surface area contributed by atoms with E-state index in [0.29, 0.717) is 29.3 Å². The van der Waals surface area contributed by atoms with Gasteiger partial charge in [-0.3, -0.25) is 4.79 Å². The van der Waals surface area contributed by atoms with Gasteiger partial charge in [-0.15, -0.1) is 0 Å². The van der Waals surface area contributed by atoms with E-state index < -0.39 is 0 Å². The van der Waals surface area contributed by atoms with Gasteiger partial charge in [0.1, 0.15) is 5.78 Å². The molecule has 2 aliphatic carbocycles. The summed E-state index contributed by atoms with van der Waals surface area (Å²) in [4.78, 5) is 11.2. The van der Waals surface area contributed by atoms with Crippen molar-refractivity contribution >= 4 is 5.78 Å². The molecule has 0 unspecified atom stereocenters. The predicted octanol–water partition coefficient (Wildman–Crippen LogP) is 3.56. The molecule has 0 aromatic carbocycles. The summed E-state index contributed by atoms with van der Waals surface area (Å²) in [5, 5.41) is 0. The third kappa shape index (κ3) is 1.89. The highest BCUT2D eigenvalue weighted by atomic mass is 16.7. The average Bonchev–Trinajstić information content (AvgIpc) is 2.84. The van der Waals surface area contributed by atoms with E-state index in [4.69, 9.17) is 9.47 Å². The van der Waals surface area contributed by atoms with Crippen molar-refractivity contribution in [3.63, 3.8) is 0 Å². The van der Waals surface area contributed by atoms with Gasteiger partial charge in [0.05, 0.1) is 12.2 Å². The van der Waals surface area contributed by atoms with Crippen molar-refractivity contribution in [1.29, 1.82) is 0 Å². The molecule has 1 saturated heterocycles. The molecule has 2 bridgehead atoms. The number of fused-ring (bicyclic) bond motifs is 5. The van der Waals surface area contributed by atoms with Crippen molar-refractivity contribution in [2.45, 2.75) is 78.8 Å². The molecule has 3 rings (SSSR count). The van der Waals surface area contributed by atoms with Crippen LogP contribution < -0.4 is 0 Å². The lowest BCUT2D eigenvalue weighted by molar-refractivity contribution is -0.183. The minimum Gasteiger partial charge on any atom is -0.349 e. The van der Waals surface area contributed by atoms with Crippen LogP contribution in [0, 0.1) is 22.7 Å². The number of carbonyl (C=O) groups excluding carboxylic acids is 1. The van der Waals surface area contributed by atoms with Crippen LogP contribution in [0.2, 0.25) is 0 Å². The van der Waals surface area contributed by atoms with Crippen molar-refractivity contribution in [2.24, 2.45) is 22.7 Å². The highest BCUT2D eigenvalue weighted by Crippen LogP contribution is 2.71. The molecule has 0 radical (unpaired) electrons. The van der Waals surface area contributed by atoms with Gasteiger partial charge in [-0.2, -0.15) is 0 Å². The number of carbonyl (C=O) groups is 1. The highest BCUT2D eigenvalue weighted by molar-refractivity contribution is 5.75. The molecule has 0 amide bonds. The first-order valence-corrected chi connectivity index (χ1v) is 8.06. The van der Waals surface area contributed by atoms with Gasteiger partial charge < -0.3 is 9.47 Å². The molecule has 114 valence electrons. The van der Waals surface area contributed by atoms with Crippen LogP contribution >= 0.6 is 0 Å². The zero-order valence-corrected chi connectivity index (χ0v) is 13.4. The Bertz CT molecular complexity index is 416. The predicted molar refractivity (Wildman–Crippen MR) is 77.2 cm³/mol. The second-order valence-electron chi connectivity index (χ2n) is 8.02. The second-order valence-corrected chi connectivity index (χ2v) is 8.02. The van der Waals surface area contributed by atoms with E-state index in [1.807, 2.05) is 6.92 Å². The molecule has 6 atom stereocenters. The van der Waals surface area contributed by atoms with Gasteiger partial charge in [-0.05, 0) is 49.4 Å². The van der Waals surface area contributed by atoms with Crippen LogP contribution in [0.4, 0.5) is 0 Å². The fourth-order valence-corrected chi connectivity index (χ4v) is 5.28. The molecule has 0 spiro atoms. The summed E-state index contributed by atoms with van der Waals surface area (Å²) >= 11 is 0. The maximum Gasteiger partial charge on any atom is 0.158 e. The largest absolute Gasteiger partial charge is 0.349 e. The molecule has 3 fully saturated rings. The summed E-state index contributed by atoms with van der Waals surface area (Å²) in [6.45, 7) is 10.8. The summed E-state index contributed by atoms with van der Waals surface area (Å²) in [5.74, 6) is 1.61. The number of Topliss-reactive ketones (excluding diaryl/α,β-unsaturated/α-hetero) is 1. The maximum absolute atomic E-state index is 11.2. The lowest BCUT2D eigenvalue weighted by Crippen LogP contribution is -2.38. The Labute approximate surface area is 122 Å². The fraction of sp³-hybridized carbons (Fsp3) is 0.941. The van der Waals surface area contributed by atoms with E-state index in [-0.39, 0.29) is 18.2 Å². The minimum absolute atomic E-state index is 0.0326. The first-order valence-electron chi connectivity index (χ1n) is 8.06.